The Morgan fingerprint density at radius 2 is 1.83 bits per heavy atom. The molecule has 180 valence electrons. The van der Waals surface area contributed by atoms with Gasteiger partial charge in [0, 0.05) is 30.1 Å². The van der Waals surface area contributed by atoms with E-state index in [2.05, 4.69) is 0 Å². The molecule has 0 bridgehead atoms. The number of carboxylic acid groups (broad SMARTS) is 1. The number of aryl methyl sites for hydroxylation is 1. The second kappa shape index (κ2) is 8.48. The lowest BCUT2D eigenvalue weighted by Gasteiger charge is -2.42. The molecule has 0 amide bonds. The molecule has 4 aromatic rings. The number of benzene rings is 3. The Balaban J connectivity index is 1.94. The summed E-state index contributed by atoms with van der Waals surface area (Å²) in [5, 5.41) is 20.7. The summed E-state index contributed by atoms with van der Waals surface area (Å²) in [6.07, 6.45) is 0. The maximum atomic E-state index is 14.6. The molecule has 1 aliphatic heterocycles. The number of phenolic OH excluding ortho intramolecular Hbond substituents is 1. The van der Waals surface area contributed by atoms with Crippen molar-refractivity contribution in [2.45, 2.75) is 12.3 Å². The lowest BCUT2D eigenvalue weighted by molar-refractivity contribution is -0.0938. The summed E-state index contributed by atoms with van der Waals surface area (Å²) >= 11 is 0. The smallest absolute Gasteiger partial charge is 0.335 e. The van der Waals surface area contributed by atoms with Crippen molar-refractivity contribution in [2.24, 2.45) is 0 Å². The number of aromatic carboxylic acids is 1. The predicted octanol–water partition coefficient (Wildman–Crippen LogP) is 5.20. The number of aromatic nitrogens is 1. The lowest BCUT2D eigenvalue weighted by Crippen LogP contribution is -2.51. The molecule has 0 unspecified atom stereocenters. The number of phenols is 1. The molecule has 1 aliphatic rings. The maximum Gasteiger partial charge on any atom is 0.335 e. The van der Waals surface area contributed by atoms with Gasteiger partial charge in [0.1, 0.15) is 17.4 Å². The van der Waals surface area contributed by atoms with Crippen molar-refractivity contribution in [3.63, 3.8) is 0 Å². The first-order chi connectivity index (χ1) is 16.8. The van der Waals surface area contributed by atoms with E-state index in [1.54, 1.807) is 38.3 Å². The van der Waals surface area contributed by atoms with E-state index in [9.17, 15) is 23.8 Å². The zero-order chi connectivity index (χ0) is 24.9. The van der Waals surface area contributed by atoms with Gasteiger partial charge >= 0.3 is 5.97 Å². The maximum absolute atomic E-state index is 14.6. The summed E-state index contributed by atoms with van der Waals surface area (Å²) in [5.41, 5.74) is 2.81. The molecule has 6 nitrogen and oxygen atoms in total. The van der Waals surface area contributed by atoms with Crippen LogP contribution in [0.5, 0.6) is 5.75 Å². The fraction of sp³-hybridized carbons (Fsp3) is 0.222. The van der Waals surface area contributed by atoms with Crippen molar-refractivity contribution in [3.05, 3.63) is 83.1 Å². The molecule has 1 saturated heterocycles. The zero-order valence-corrected chi connectivity index (χ0v) is 19.1. The Bertz CT molecular complexity index is 1460. The number of aromatic hydroxyl groups is 1. The van der Waals surface area contributed by atoms with E-state index in [-0.39, 0.29) is 23.7 Å². The molecule has 2 heterocycles. The van der Waals surface area contributed by atoms with Gasteiger partial charge in [-0.1, -0.05) is 12.1 Å². The van der Waals surface area contributed by atoms with E-state index in [0.717, 1.165) is 6.07 Å². The van der Waals surface area contributed by atoms with Gasteiger partial charge in [0.05, 0.1) is 41.7 Å². The Hall–Kier alpha value is -3.75. The molecule has 35 heavy (non-hydrogen) atoms. The molecule has 0 radical (unpaired) electrons. The molecule has 0 aliphatic carbocycles. The second-order valence-electron chi connectivity index (χ2n) is 8.90. The molecular formula is C27H23F2NO5. The average molecular weight is 479 g/mol. The number of fused-ring (bicyclic) bond motifs is 1. The highest BCUT2D eigenvalue weighted by Crippen LogP contribution is 2.48. The first-order valence-corrected chi connectivity index (χ1v) is 11.0. The van der Waals surface area contributed by atoms with Gasteiger partial charge in [-0.05, 0) is 54.4 Å². The minimum atomic E-state index is -1.06. The van der Waals surface area contributed by atoms with Gasteiger partial charge in [-0.2, -0.15) is 0 Å². The van der Waals surface area contributed by atoms with Crippen molar-refractivity contribution in [3.8, 4) is 22.6 Å². The highest BCUT2D eigenvalue weighted by Gasteiger charge is 2.46. The van der Waals surface area contributed by atoms with Crippen molar-refractivity contribution in [2.75, 3.05) is 26.9 Å². The minimum Gasteiger partial charge on any atom is -0.507 e. The number of ether oxygens (including phenoxy) is 2. The van der Waals surface area contributed by atoms with Crippen LogP contribution in [0, 0.1) is 18.6 Å². The number of rotatable bonds is 6. The van der Waals surface area contributed by atoms with Crippen LogP contribution in [0.25, 0.3) is 27.7 Å². The molecule has 2 N–H and O–H groups in total. The van der Waals surface area contributed by atoms with Crippen molar-refractivity contribution >= 4 is 16.9 Å². The van der Waals surface area contributed by atoms with Crippen molar-refractivity contribution < 1.29 is 33.3 Å². The Kier molecular flexibility index (Phi) is 5.57. The fourth-order valence-corrected chi connectivity index (χ4v) is 4.87. The van der Waals surface area contributed by atoms with E-state index < -0.39 is 17.2 Å². The summed E-state index contributed by atoms with van der Waals surface area (Å²) < 4.78 is 41.8. The van der Waals surface area contributed by atoms with Crippen LogP contribution in [0.2, 0.25) is 0 Å². The summed E-state index contributed by atoms with van der Waals surface area (Å²) in [6, 6.07) is 13.3. The molecule has 1 fully saturated rings. The third kappa shape index (κ3) is 3.66. The number of carboxylic acids is 1. The monoisotopic (exact) mass is 479 g/mol. The molecule has 0 atom stereocenters. The predicted molar refractivity (Wildman–Crippen MR) is 126 cm³/mol. The summed E-state index contributed by atoms with van der Waals surface area (Å²) in [7, 11) is 1.58. The molecule has 5 rings (SSSR count). The van der Waals surface area contributed by atoms with Gasteiger partial charge < -0.3 is 24.3 Å². The van der Waals surface area contributed by atoms with E-state index in [0.29, 0.717) is 52.2 Å². The number of carbonyl (C=O) groups is 1. The van der Waals surface area contributed by atoms with E-state index in [1.807, 2.05) is 4.57 Å². The molecule has 3 aromatic carbocycles. The third-order valence-electron chi connectivity index (χ3n) is 6.51. The molecular weight excluding hydrogens is 456 g/mol. The standard InChI is InChI=1S/C27H23F2NO5/c1-15-9-19(7-8-20(15)29)30-21-10-18(28)11-22(31)24(21)23(16-3-5-17(6-4-16)26(32)33)25(30)27(12-34-2)13-35-14-27/h3-11,31H,12-14H2,1-2H3,(H,32,33). The van der Waals surface area contributed by atoms with Gasteiger partial charge in [-0.15, -0.1) is 0 Å². The Morgan fingerprint density at radius 3 is 2.40 bits per heavy atom. The van der Waals surface area contributed by atoms with Crippen LogP contribution in [0.4, 0.5) is 8.78 Å². The van der Waals surface area contributed by atoms with Gasteiger partial charge in [0.2, 0.25) is 0 Å². The van der Waals surface area contributed by atoms with Crippen molar-refractivity contribution in [1.82, 2.24) is 4.57 Å². The van der Waals surface area contributed by atoms with Crippen LogP contribution in [0.1, 0.15) is 21.6 Å². The summed E-state index contributed by atoms with van der Waals surface area (Å²) in [5.74, 6) is -2.32. The van der Waals surface area contributed by atoms with E-state index in [1.165, 1.54) is 24.3 Å². The molecule has 1 aromatic heterocycles. The fourth-order valence-electron chi connectivity index (χ4n) is 4.87. The number of halogens is 2. The second-order valence-corrected chi connectivity index (χ2v) is 8.90. The number of hydrogen-bond acceptors (Lipinski definition) is 4. The van der Waals surface area contributed by atoms with Crippen LogP contribution in [-0.2, 0) is 14.9 Å². The first-order valence-electron chi connectivity index (χ1n) is 11.0. The van der Waals surface area contributed by atoms with Gasteiger partial charge in [0.15, 0.2) is 0 Å². The zero-order valence-electron chi connectivity index (χ0n) is 19.1. The van der Waals surface area contributed by atoms with E-state index >= 15 is 0 Å². The Labute approximate surface area is 200 Å². The largest absolute Gasteiger partial charge is 0.507 e. The van der Waals surface area contributed by atoms with Crippen LogP contribution in [0.3, 0.4) is 0 Å². The molecule has 8 heteroatoms. The van der Waals surface area contributed by atoms with Gasteiger partial charge in [-0.3, -0.25) is 0 Å². The van der Waals surface area contributed by atoms with Crippen molar-refractivity contribution in [1.29, 1.82) is 0 Å². The average Bonchev–Trinajstić information content (AvgIpc) is 3.13. The number of nitrogens with zero attached hydrogens (tertiary/aromatic N) is 1. The molecule has 0 spiro atoms. The Morgan fingerprint density at radius 1 is 1.11 bits per heavy atom. The number of methoxy groups -OCH3 is 1. The van der Waals surface area contributed by atoms with Gasteiger partial charge in [0.25, 0.3) is 0 Å². The van der Waals surface area contributed by atoms with E-state index in [4.69, 9.17) is 9.47 Å². The molecule has 0 saturated carbocycles. The van der Waals surface area contributed by atoms with Crippen LogP contribution in [0.15, 0.2) is 54.6 Å². The highest BCUT2D eigenvalue weighted by molar-refractivity contribution is 6.04. The minimum absolute atomic E-state index is 0.113. The number of hydrogen-bond donors (Lipinski definition) is 2. The lowest BCUT2D eigenvalue weighted by atomic mass is 9.79. The van der Waals surface area contributed by atoms with Crippen LogP contribution < -0.4 is 0 Å². The topological polar surface area (TPSA) is 80.9 Å². The summed E-state index contributed by atoms with van der Waals surface area (Å²) in [6.45, 7) is 2.57. The first kappa shape index (κ1) is 23.0. The normalized spacial score (nSPS) is 14.7. The third-order valence-corrected chi connectivity index (χ3v) is 6.51. The SMILES string of the molecule is COCC1(c2c(-c3ccc(C(=O)O)cc3)c3c(O)cc(F)cc3n2-c2ccc(F)c(C)c2)COC1. The van der Waals surface area contributed by atoms with Crippen LogP contribution >= 0.6 is 0 Å². The quantitative estimate of drug-likeness (QED) is 0.397. The summed E-state index contributed by atoms with van der Waals surface area (Å²) in [4.78, 5) is 11.4. The van der Waals surface area contributed by atoms with Crippen LogP contribution in [-0.4, -0.2) is 47.7 Å². The van der Waals surface area contributed by atoms with Gasteiger partial charge in [-0.25, -0.2) is 13.6 Å². The highest BCUT2D eigenvalue weighted by atomic mass is 19.1.